The number of carbonyl (C=O) groups is 1. The number of nitrogens with one attached hydrogen (secondary N) is 1. The largest absolute Gasteiger partial charge is 0.573 e. The van der Waals surface area contributed by atoms with Crippen LogP contribution in [0.3, 0.4) is 0 Å². The van der Waals surface area contributed by atoms with E-state index in [0.29, 0.717) is 22.9 Å². The Kier molecular flexibility index (Phi) is 5.67. The number of halogens is 3. The number of hydrogen-bond acceptors (Lipinski definition) is 5. The van der Waals surface area contributed by atoms with Crippen LogP contribution < -0.4 is 14.8 Å². The molecule has 2 aromatic heterocycles. The number of aryl methyl sites for hydroxylation is 1. The number of fused-ring (bicyclic) bond motifs is 1. The van der Waals surface area contributed by atoms with Gasteiger partial charge in [-0.3, -0.25) is 4.79 Å². The van der Waals surface area contributed by atoms with E-state index in [1.165, 1.54) is 24.5 Å². The summed E-state index contributed by atoms with van der Waals surface area (Å²) in [5, 5.41) is 3.46. The lowest BCUT2D eigenvalue weighted by Gasteiger charge is -2.10. The van der Waals surface area contributed by atoms with Crippen molar-refractivity contribution in [3.05, 3.63) is 72.7 Å². The summed E-state index contributed by atoms with van der Waals surface area (Å²) in [5.74, 6) is 0.170. The molecule has 2 heterocycles. The topological polar surface area (TPSA) is 78.3 Å². The number of benzene rings is 2. The number of anilines is 1. The summed E-state index contributed by atoms with van der Waals surface area (Å²) in [6.45, 7) is 0. The third-order valence-electron chi connectivity index (χ3n) is 4.47. The maximum absolute atomic E-state index is 12.4. The molecule has 2 aromatic carbocycles. The van der Waals surface area contributed by atoms with Crippen LogP contribution in [-0.2, 0) is 18.3 Å². The second kappa shape index (κ2) is 8.58. The van der Waals surface area contributed by atoms with Crippen LogP contribution in [0, 0.1) is 0 Å². The van der Waals surface area contributed by atoms with Crippen molar-refractivity contribution >= 4 is 22.6 Å². The molecule has 0 aliphatic rings. The van der Waals surface area contributed by atoms with Crippen molar-refractivity contribution in [2.75, 3.05) is 5.32 Å². The van der Waals surface area contributed by atoms with Crippen molar-refractivity contribution in [2.24, 2.45) is 7.05 Å². The van der Waals surface area contributed by atoms with Gasteiger partial charge >= 0.3 is 6.36 Å². The Labute approximate surface area is 180 Å². The molecule has 0 fully saturated rings. The highest BCUT2D eigenvalue weighted by molar-refractivity contribution is 5.92. The Bertz CT molecular complexity index is 1250. The van der Waals surface area contributed by atoms with Gasteiger partial charge in [0.1, 0.15) is 23.5 Å². The molecule has 0 saturated carbocycles. The van der Waals surface area contributed by atoms with Crippen LogP contribution in [0.1, 0.15) is 5.56 Å². The summed E-state index contributed by atoms with van der Waals surface area (Å²) in [6.07, 6.45) is -1.63. The molecule has 0 atom stereocenters. The van der Waals surface area contributed by atoms with E-state index in [-0.39, 0.29) is 18.1 Å². The van der Waals surface area contributed by atoms with Gasteiger partial charge in [0.2, 0.25) is 11.8 Å². The van der Waals surface area contributed by atoms with Crippen LogP contribution in [0.15, 0.2) is 67.1 Å². The van der Waals surface area contributed by atoms with E-state index in [4.69, 9.17) is 4.74 Å². The first-order valence-electron chi connectivity index (χ1n) is 9.45. The van der Waals surface area contributed by atoms with Crippen molar-refractivity contribution in [1.82, 2.24) is 14.5 Å². The number of nitrogens with zero attached hydrogens (tertiary/aromatic N) is 3. The first-order valence-corrected chi connectivity index (χ1v) is 9.45. The lowest BCUT2D eigenvalue weighted by Crippen LogP contribution is -2.17. The molecule has 4 rings (SSSR count). The number of alkyl halides is 3. The zero-order valence-electron chi connectivity index (χ0n) is 16.8. The number of aromatic nitrogens is 3. The lowest BCUT2D eigenvalue weighted by molar-refractivity contribution is -0.274. The number of ether oxygens (including phenoxy) is 2. The minimum Gasteiger partial charge on any atom is -0.438 e. The second-order valence-corrected chi connectivity index (χ2v) is 6.89. The minimum absolute atomic E-state index is 0.111. The summed E-state index contributed by atoms with van der Waals surface area (Å²) >= 11 is 0. The molecule has 164 valence electrons. The van der Waals surface area contributed by atoms with Crippen molar-refractivity contribution in [3.63, 3.8) is 0 Å². The SMILES string of the molecule is Cn1ccc2c(Oc3ccc(NC(=O)Cc4cccc(OC(F)(F)F)c4)cc3)ncnc21. The minimum atomic E-state index is -4.79. The van der Waals surface area contributed by atoms with Crippen molar-refractivity contribution in [2.45, 2.75) is 12.8 Å². The zero-order valence-corrected chi connectivity index (χ0v) is 16.8. The number of amides is 1. The first-order chi connectivity index (χ1) is 15.3. The average Bonchev–Trinajstić information content (AvgIpc) is 3.10. The molecule has 0 unspecified atom stereocenters. The summed E-state index contributed by atoms with van der Waals surface area (Å²) in [4.78, 5) is 20.7. The van der Waals surface area contributed by atoms with E-state index in [0.717, 1.165) is 11.0 Å². The van der Waals surface area contributed by atoms with Gasteiger partial charge in [0.25, 0.3) is 0 Å². The van der Waals surface area contributed by atoms with E-state index in [1.807, 2.05) is 23.9 Å². The van der Waals surface area contributed by atoms with E-state index in [9.17, 15) is 18.0 Å². The fourth-order valence-electron chi connectivity index (χ4n) is 3.10. The van der Waals surface area contributed by atoms with Gasteiger partial charge in [0, 0.05) is 18.9 Å². The molecular weight excluding hydrogens is 425 g/mol. The van der Waals surface area contributed by atoms with Gasteiger partial charge in [0.05, 0.1) is 11.8 Å². The van der Waals surface area contributed by atoms with Crippen LogP contribution in [0.2, 0.25) is 0 Å². The Morgan fingerprint density at radius 3 is 2.59 bits per heavy atom. The van der Waals surface area contributed by atoms with Gasteiger partial charge in [-0.25, -0.2) is 9.97 Å². The molecule has 32 heavy (non-hydrogen) atoms. The molecule has 0 saturated heterocycles. The average molecular weight is 442 g/mol. The highest BCUT2D eigenvalue weighted by Gasteiger charge is 2.31. The molecule has 1 amide bonds. The van der Waals surface area contributed by atoms with Gasteiger partial charge in [-0.1, -0.05) is 12.1 Å². The quantitative estimate of drug-likeness (QED) is 0.462. The third kappa shape index (κ3) is 5.15. The van der Waals surface area contributed by atoms with E-state index >= 15 is 0 Å². The van der Waals surface area contributed by atoms with Crippen molar-refractivity contribution < 1.29 is 27.4 Å². The van der Waals surface area contributed by atoms with Crippen LogP contribution >= 0.6 is 0 Å². The Morgan fingerprint density at radius 1 is 1.06 bits per heavy atom. The van der Waals surface area contributed by atoms with Crippen LogP contribution in [0.25, 0.3) is 11.0 Å². The van der Waals surface area contributed by atoms with E-state index in [1.54, 1.807) is 30.3 Å². The molecular formula is C22H17F3N4O3. The predicted octanol–water partition coefficient (Wildman–Crippen LogP) is 4.84. The summed E-state index contributed by atoms with van der Waals surface area (Å²) in [7, 11) is 1.87. The molecule has 0 radical (unpaired) electrons. The second-order valence-electron chi connectivity index (χ2n) is 6.89. The highest BCUT2D eigenvalue weighted by atomic mass is 19.4. The van der Waals surface area contributed by atoms with Crippen LogP contribution in [0.4, 0.5) is 18.9 Å². The zero-order chi connectivity index (χ0) is 22.7. The van der Waals surface area contributed by atoms with E-state index in [2.05, 4.69) is 20.0 Å². The van der Waals surface area contributed by atoms with Crippen LogP contribution in [-0.4, -0.2) is 26.8 Å². The summed E-state index contributed by atoms with van der Waals surface area (Å²) < 4.78 is 48.6. The normalized spacial score (nSPS) is 11.4. The molecule has 0 aliphatic carbocycles. The Hall–Kier alpha value is -4.08. The lowest BCUT2D eigenvalue weighted by atomic mass is 10.1. The third-order valence-corrected chi connectivity index (χ3v) is 4.47. The van der Waals surface area contributed by atoms with Gasteiger partial charge in [0.15, 0.2) is 0 Å². The summed E-state index contributed by atoms with van der Waals surface area (Å²) in [5.41, 5.74) is 1.64. The molecule has 0 aliphatic heterocycles. The number of carbonyl (C=O) groups excluding carboxylic acids is 1. The molecule has 10 heteroatoms. The van der Waals surface area contributed by atoms with Crippen molar-refractivity contribution in [3.8, 4) is 17.4 Å². The van der Waals surface area contributed by atoms with E-state index < -0.39 is 6.36 Å². The molecule has 7 nitrogen and oxygen atoms in total. The number of hydrogen-bond donors (Lipinski definition) is 1. The summed E-state index contributed by atoms with van der Waals surface area (Å²) in [6, 6.07) is 13.8. The van der Waals surface area contributed by atoms with Crippen LogP contribution in [0.5, 0.6) is 17.4 Å². The van der Waals surface area contributed by atoms with Gasteiger partial charge in [-0.05, 0) is 48.0 Å². The van der Waals surface area contributed by atoms with Gasteiger partial charge < -0.3 is 19.4 Å². The Balaban J connectivity index is 1.38. The smallest absolute Gasteiger partial charge is 0.438 e. The highest BCUT2D eigenvalue weighted by Crippen LogP contribution is 2.28. The monoisotopic (exact) mass is 442 g/mol. The van der Waals surface area contributed by atoms with Gasteiger partial charge in [-0.2, -0.15) is 0 Å². The standard InChI is InChI=1S/C22H17F3N4O3/c1-29-10-9-18-20(29)26-13-27-21(18)31-16-7-5-15(6-8-16)28-19(30)12-14-3-2-4-17(11-14)32-22(23,24)25/h2-11,13H,12H2,1H3,(H,28,30). The maximum Gasteiger partial charge on any atom is 0.573 e. The molecule has 1 N–H and O–H groups in total. The first kappa shape index (κ1) is 21.2. The maximum atomic E-state index is 12.4. The predicted molar refractivity (Wildman–Crippen MR) is 110 cm³/mol. The Morgan fingerprint density at radius 2 is 1.84 bits per heavy atom. The molecule has 0 spiro atoms. The fourth-order valence-corrected chi connectivity index (χ4v) is 3.10. The fraction of sp³-hybridized carbons (Fsp3) is 0.136. The van der Waals surface area contributed by atoms with Gasteiger partial charge in [-0.15, -0.1) is 13.2 Å². The number of rotatable bonds is 6. The molecule has 0 bridgehead atoms. The van der Waals surface area contributed by atoms with Crippen molar-refractivity contribution in [1.29, 1.82) is 0 Å². The molecule has 4 aromatic rings.